The summed E-state index contributed by atoms with van der Waals surface area (Å²) >= 11 is 5.90. The summed E-state index contributed by atoms with van der Waals surface area (Å²) in [4.78, 5) is 0. The third kappa shape index (κ3) is 3.10. The van der Waals surface area contributed by atoms with E-state index in [0.717, 1.165) is 17.2 Å². The minimum Gasteiger partial charge on any atom is -0.317 e. The lowest BCUT2D eigenvalue weighted by atomic mass is 9.85. The number of nitrogens with zero attached hydrogens (tertiary/aromatic N) is 3. The van der Waals surface area contributed by atoms with E-state index in [9.17, 15) is 4.21 Å². The lowest BCUT2D eigenvalue weighted by Crippen LogP contribution is -2.15. The van der Waals surface area contributed by atoms with Crippen molar-refractivity contribution in [3.63, 3.8) is 0 Å². The Morgan fingerprint density at radius 3 is 2.59 bits per heavy atom. The average molecular weight is 338 g/mol. The van der Waals surface area contributed by atoms with E-state index in [-0.39, 0.29) is 5.25 Å². The summed E-state index contributed by atoms with van der Waals surface area (Å²) in [5.41, 5.74) is 1.03. The Kier molecular flexibility index (Phi) is 4.64. The van der Waals surface area contributed by atoms with Gasteiger partial charge in [-0.15, -0.1) is 10.2 Å². The molecule has 0 N–H and O–H groups in total. The highest BCUT2D eigenvalue weighted by Crippen LogP contribution is 2.35. The van der Waals surface area contributed by atoms with Gasteiger partial charge < -0.3 is 4.57 Å². The molecule has 0 bridgehead atoms. The van der Waals surface area contributed by atoms with Crippen molar-refractivity contribution in [2.75, 3.05) is 0 Å². The van der Waals surface area contributed by atoms with Gasteiger partial charge >= 0.3 is 0 Å². The maximum Gasteiger partial charge on any atom is 0.145 e. The molecule has 1 aliphatic rings. The van der Waals surface area contributed by atoms with Crippen LogP contribution in [0.5, 0.6) is 0 Å². The second-order valence-electron chi connectivity index (χ2n) is 5.88. The van der Waals surface area contributed by atoms with Crippen LogP contribution in [0.15, 0.2) is 24.3 Å². The van der Waals surface area contributed by atoms with Crippen molar-refractivity contribution in [3.05, 3.63) is 46.5 Å². The van der Waals surface area contributed by atoms with Crippen LogP contribution in [0.2, 0.25) is 5.02 Å². The zero-order valence-electron chi connectivity index (χ0n) is 12.8. The molecule has 1 fully saturated rings. The molecule has 1 heterocycles. The van der Waals surface area contributed by atoms with Crippen LogP contribution in [0.4, 0.5) is 0 Å². The minimum atomic E-state index is -1.03. The first-order valence-corrected chi connectivity index (χ1v) is 9.33. The minimum absolute atomic E-state index is 0.0545. The van der Waals surface area contributed by atoms with Gasteiger partial charge in [0.05, 0.1) is 11.0 Å². The van der Waals surface area contributed by atoms with Crippen molar-refractivity contribution in [2.45, 2.75) is 43.1 Å². The fraction of sp³-hybridized carbons (Fsp3) is 0.500. The molecule has 0 amide bonds. The number of aromatic nitrogens is 3. The smallest absolute Gasteiger partial charge is 0.145 e. The van der Waals surface area contributed by atoms with E-state index < -0.39 is 10.8 Å². The quantitative estimate of drug-likeness (QED) is 0.834. The van der Waals surface area contributed by atoms with Gasteiger partial charge in [0.1, 0.15) is 11.6 Å². The predicted octanol–water partition coefficient (Wildman–Crippen LogP) is 3.75. The van der Waals surface area contributed by atoms with Gasteiger partial charge in [-0.25, -0.2) is 0 Å². The van der Waals surface area contributed by atoms with Crippen LogP contribution in [0.3, 0.4) is 0 Å². The maximum atomic E-state index is 12.6. The van der Waals surface area contributed by atoms with Gasteiger partial charge in [0, 0.05) is 28.8 Å². The van der Waals surface area contributed by atoms with E-state index in [1.54, 1.807) is 0 Å². The van der Waals surface area contributed by atoms with Crippen LogP contribution in [-0.4, -0.2) is 19.0 Å². The molecule has 22 heavy (non-hydrogen) atoms. The topological polar surface area (TPSA) is 47.8 Å². The standard InChI is InChI=1S/C16H20ClN3OS/c1-11(12-6-8-14(17)9-7-12)22(21)10-15-18-19-16(20(15)2)13-4-3-5-13/h6-9,11,13H,3-5,10H2,1-2H3/t11-,22-/m0/s1. The van der Waals surface area contributed by atoms with E-state index in [2.05, 4.69) is 10.2 Å². The van der Waals surface area contributed by atoms with Gasteiger partial charge in [0.25, 0.3) is 0 Å². The Morgan fingerprint density at radius 1 is 1.32 bits per heavy atom. The molecule has 118 valence electrons. The number of hydrogen-bond donors (Lipinski definition) is 0. The molecule has 1 aromatic heterocycles. The summed E-state index contributed by atoms with van der Waals surface area (Å²) < 4.78 is 14.6. The van der Waals surface area contributed by atoms with Gasteiger partial charge in [0.15, 0.2) is 0 Å². The van der Waals surface area contributed by atoms with Crippen LogP contribution in [0, 0.1) is 0 Å². The Morgan fingerprint density at radius 2 is 2.00 bits per heavy atom. The molecule has 3 rings (SSSR count). The molecule has 1 saturated carbocycles. The number of halogens is 1. The van der Waals surface area contributed by atoms with Crippen LogP contribution in [-0.2, 0) is 23.6 Å². The van der Waals surface area contributed by atoms with Crippen LogP contribution in [0.25, 0.3) is 0 Å². The van der Waals surface area contributed by atoms with Crippen LogP contribution in [0.1, 0.15) is 54.6 Å². The van der Waals surface area contributed by atoms with Crippen molar-refractivity contribution < 1.29 is 4.21 Å². The third-order valence-electron chi connectivity index (χ3n) is 4.47. The van der Waals surface area contributed by atoms with E-state index in [1.807, 2.05) is 42.8 Å². The Balaban J connectivity index is 1.71. The summed E-state index contributed by atoms with van der Waals surface area (Å²) in [6.45, 7) is 1.97. The molecule has 0 aliphatic heterocycles. The largest absolute Gasteiger partial charge is 0.317 e. The highest BCUT2D eigenvalue weighted by atomic mass is 35.5. The van der Waals surface area contributed by atoms with E-state index >= 15 is 0 Å². The molecule has 2 atom stereocenters. The average Bonchev–Trinajstić information content (AvgIpc) is 2.79. The van der Waals surface area contributed by atoms with Gasteiger partial charge in [-0.3, -0.25) is 4.21 Å². The summed E-state index contributed by atoms with van der Waals surface area (Å²) in [6.07, 6.45) is 3.65. The first-order chi connectivity index (χ1) is 10.6. The monoisotopic (exact) mass is 337 g/mol. The lowest BCUT2D eigenvalue weighted by molar-refractivity contribution is 0.391. The number of hydrogen-bond acceptors (Lipinski definition) is 3. The fourth-order valence-corrected chi connectivity index (χ4v) is 4.00. The Labute approximate surface area is 138 Å². The summed E-state index contributed by atoms with van der Waals surface area (Å²) in [5.74, 6) is 2.81. The van der Waals surface area contributed by atoms with Crippen molar-refractivity contribution in [3.8, 4) is 0 Å². The normalized spacial score (nSPS) is 18.0. The Bertz CT molecular complexity index is 679. The third-order valence-corrected chi connectivity index (χ3v) is 6.33. The molecule has 4 nitrogen and oxygen atoms in total. The first-order valence-electron chi connectivity index (χ1n) is 7.57. The summed E-state index contributed by atoms with van der Waals surface area (Å²) in [6, 6.07) is 7.53. The number of rotatable bonds is 5. The molecule has 2 aromatic rings. The summed E-state index contributed by atoms with van der Waals surface area (Å²) in [5, 5.41) is 9.18. The maximum absolute atomic E-state index is 12.6. The number of benzene rings is 1. The highest BCUT2D eigenvalue weighted by Gasteiger charge is 2.26. The molecule has 0 radical (unpaired) electrons. The molecule has 1 aliphatic carbocycles. The molecule has 0 spiro atoms. The Hall–Kier alpha value is -1.20. The zero-order chi connectivity index (χ0) is 15.7. The molecular formula is C16H20ClN3OS. The highest BCUT2D eigenvalue weighted by molar-refractivity contribution is 7.84. The van der Waals surface area contributed by atoms with Crippen molar-refractivity contribution in [1.82, 2.24) is 14.8 Å². The van der Waals surface area contributed by atoms with Gasteiger partial charge in [-0.2, -0.15) is 0 Å². The van der Waals surface area contributed by atoms with E-state index in [0.29, 0.717) is 16.7 Å². The molecule has 1 aromatic carbocycles. The van der Waals surface area contributed by atoms with E-state index in [1.165, 1.54) is 19.3 Å². The van der Waals surface area contributed by atoms with Crippen molar-refractivity contribution >= 4 is 22.4 Å². The molecule has 0 saturated heterocycles. The van der Waals surface area contributed by atoms with Gasteiger partial charge in [-0.1, -0.05) is 30.2 Å². The second-order valence-corrected chi connectivity index (χ2v) is 8.07. The van der Waals surface area contributed by atoms with Gasteiger partial charge in [-0.05, 0) is 37.5 Å². The molecule has 0 unspecified atom stereocenters. The van der Waals surface area contributed by atoms with Gasteiger partial charge in [0.2, 0.25) is 0 Å². The van der Waals surface area contributed by atoms with Crippen LogP contribution >= 0.6 is 11.6 Å². The van der Waals surface area contributed by atoms with E-state index in [4.69, 9.17) is 11.6 Å². The molecular weight excluding hydrogens is 318 g/mol. The second kappa shape index (κ2) is 6.50. The molecule has 6 heteroatoms. The summed E-state index contributed by atoms with van der Waals surface area (Å²) in [7, 11) is 0.945. The lowest BCUT2D eigenvalue weighted by Gasteiger charge is -2.24. The SMILES string of the molecule is C[C@@H](c1ccc(Cl)cc1)[S@@](=O)Cc1nnc(C2CCC2)n1C. The predicted molar refractivity (Wildman–Crippen MR) is 89.3 cm³/mol. The van der Waals surface area contributed by atoms with Crippen molar-refractivity contribution in [2.24, 2.45) is 7.05 Å². The van der Waals surface area contributed by atoms with Crippen LogP contribution < -0.4 is 0 Å². The first kappa shape index (κ1) is 15.7. The van der Waals surface area contributed by atoms with Crippen molar-refractivity contribution in [1.29, 1.82) is 0 Å². The zero-order valence-corrected chi connectivity index (χ0v) is 14.4. The fourth-order valence-electron chi connectivity index (χ4n) is 2.66.